The summed E-state index contributed by atoms with van der Waals surface area (Å²) >= 11 is 0. The van der Waals surface area contributed by atoms with Crippen LogP contribution in [0.15, 0.2) is 24.4 Å². The van der Waals surface area contributed by atoms with Gasteiger partial charge in [0.1, 0.15) is 11.6 Å². The molecule has 6 heteroatoms. The molecule has 0 radical (unpaired) electrons. The molecule has 0 aromatic carbocycles. The number of aromatic amines is 1. The van der Waals surface area contributed by atoms with Crippen molar-refractivity contribution in [3.05, 3.63) is 35.9 Å². The number of hydrogen-bond acceptors (Lipinski definition) is 5. The third kappa shape index (κ3) is 3.10. The minimum atomic E-state index is 0.435. The van der Waals surface area contributed by atoms with Crippen molar-refractivity contribution in [2.24, 2.45) is 0 Å². The summed E-state index contributed by atoms with van der Waals surface area (Å²) in [5.41, 5.74) is 3.93. The van der Waals surface area contributed by atoms with Crippen LogP contribution < -0.4 is 5.32 Å². The van der Waals surface area contributed by atoms with Gasteiger partial charge in [0.15, 0.2) is 0 Å². The number of ether oxygens (including phenoxy) is 1. The van der Waals surface area contributed by atoms with Crippen LogP contribution >= 0.6 is 0 Å². The molecule has 3 aromatic heterocycles. The molecule has 1 saturated heterocycles. The van der Waals surface area contributed by atoms with Gasteiger partial charge in [-0.3, -0.25) is 0 Å². The zero-order valence-corrected chi connectivity index (χ0v) is 14.0. The highest BCUT2D eigenvalue weighted by Crippen LogP contribution is 2.25. The number of aryl methyl sites for hydroxylation is 2. The number of pyridine rings is 1. The lowest BCUT2D eigenvalue weighted by atomic mass is 10.1. The molecule has 0 amide bonds. The first-order valence-electron chi connectivity index (χ1n) is 8.33. The first-order valence-corrected chi connectivity index (χ1v) is 8.33. The van der Waals surface area contributed by atoms with E-state index < -0.39 is 0 Å². The number of nitrogens with zero attached hydrogens (tertiary/aromatic N) is 3. The highest BCUT2D eigenvalue weighted by molar-refractivity contribution is 5.86. The van der Waals surface area contributed by atoms with E-state index in [2.05, 4.69) is 37.4 Å². The number of nitrogens with one attached hydrogen (secondary N) is 2. The molecule has 3 aromatic rings. The zero-order valence-electron chi connectivity index (χ0n) is 14.0. The Morgan fingerprint density at radius 2 is 1.96 bits per heavy atom. The number of rotatable bonds is 3. The summed E-state index contributed by atoms with van der Waals surface area (Å²) < 4.78 is 5.40. The van der Waals surface area contributed by atoms with E-state index >= 15 is 0 Å². The fraction of sp³-hybridized carbons (Fsp3) is 0.389. The van der Waals surface area contributed by atoms with Gasteiger partial charge in [-0.2, -0.15) is 0 Å². The normalized spacial score (nSPS) is 15.8. The average molecular weight is 323 g/mol. The summed E-state index contributed by atoms with van der Waals surface area (Å²) in [6, 6.07) is 6.58. The summed E-state index contributed by atoms with van der Waals surface area (Å²) in [4.78, 5) is 16.8. The van der Waals surface area contributed by atoms with E-state index in [9.17, 15) is 0 Å². The largest absolute Gasteiger partial charge is 0.381 e. The van der Waals surface area contributed by atoms with Gasteiger partial charge in [-0.15, -0.1) is 0 Å². The Morgan fingerprint density at radius 1 is 1.12 bits per heavy atom. The Balaban J connectivity index is 1.63. The number of H-pyrrole nitrogens is 1. The molecule has 2 N–H and O–H groups in total. The van der Waals surface area contributed by atoms with E-state index in [0.29, 0.717) is 6.04 Å². The average Bonchev–Trinajstić information content (AvgIpc) is 2.98. The predicted octanol–water partition coefficient (Wildman–Crippen LogP) is 3.23. The number of hydrogen-bond donors (Lipinski definition) is 2. The van der Waals surface area contributed by atoms with Gasteiger partial charge >= 0.3 is 0 Å². The minimum Gasteiger partial charge on any atom is -0.381 e. The van der Waals surface area contributed by atoms with E-state index in [1.807, 2.05) is 26.1 Å². The summed E-state index contributed by atoms with van der Waals surface area (Å²) in [7, 11) is 0. The Hall–Kier alpha value is -2.47. The number of fused-ring (bicyclic) bond motifs is 1. The highest BCUT2D eigenvalue weighted by Gasteiger charge is 2.14. The molecule has 0 aliphatic carbocycles. The zero-order chi connectivity index (χ0) is 16.5. The van der Waals surface area contributed by atoms with Crippen LogP contribution in [0.3, 0.4) is 0 Å². The fourth-order valence-electron chi connectivity index (χ4n) is 3.15. The van der Waals surface area contributed by atoms with Crippen molar-refractivity contribution < 1.29 is 4.74 Å². The van der Waals surface area contributed by atoms with Gasteiger partial charge in [-0.05, 0) is 38.8 Å². The monoisotopic (exact) mass is 323 g/mol. The summed E-state index contributed by atoms with van der Waals surface area (Å²) in [6.07, 6.45) is 3.95. The van der Waals surface area contributed by atoms with Gasteiger partial charge in [-0.25, -0.2) is 15.0 Å². The topological polar surface area (TPSA) is 75.7 Å². The molecule has 1 fully saturated rings. The Morgan fingerprint density at radius 3 is 2.75 bits per heavy atom. The maximum atomic E-state index is 5.40. The van der Waals surface area contributed by atoms with Crippen LogP contribution in [0, 0.1) is 13.8 Å². The summed E-state index contributed by atoms with van der Waals surface area (Å²) in [6.45, 7) is 5.53. The van der Waals surface area contributed by atoms with Crippen LogP contribution in [0.5, 0.6) is 0 Å². The lowest BCUT2D eigenvalue weighted by Crippen LogP contribution is -2.28. The minimum absolute atomic E-state index is 0.435. The smallest absolute Gasteiger partial charge is 0.128 e. The molecular formula is C18H21N5O. The third-order valence-corrected chi connectivity index (χ3v) is 4.32. The second-order valence-corrected chi connectivity index (χ2v) is 6.31. The molecule has 0 saturated carbocycles. The SMILES string of the molecule is Cc1cc(-c2cc3cnc(NC4CCOCC4)cc3[nH]2)nc(C)n1. The van der Waals surface area contributed by atoms with Crippen LogP contribution in [0.1, 0.15) is 24.4 Å². The number of aromatic nitrogens is 4. The fourth-order valence-corrected chi connectivity index (χ4v) is 3.15. The molecular weight excluding hydrogens is 302 g/mol. The molecule has 0 atom stereocenters. The van der Waals surface area contributed by atoms with Gasteiger partial charge in [0.05, 0.1) is 16.9 Å². The van der Waals surface area contributed by atoms with Crippen molar-refractivity contribution in [3.8, 4) is 11.4 Å². The van der Waals surface area contributed by atoms with Crippen molar-refractivity contribution in [1.82, 2.24) is 19.9 Å². The van der Waals surface area contributed by atoms with Crippen LogP contribution in [0.2, 0.25) is 0 Å². The molecule has 0 bridgehead atoms. The van der Waals surface area contributed by atoms with Crippen LogP contribution in [-0.4, -0.2) is 39.2 Å². The van der Waals surface area contributed by atoms with E-state index in [1.165, 1.54) is 0 Å². The first-order chi connectivity index (χ1) is 11.7. The molecule has 0 spiro atoms. The lowest BCUT2D eigenvalue weighted by molar-refractivity contribution is 0.0904. The van der Waals surface area contributed by atoms with Gasteiger partial charge in [0.25, 0.3) is 0 Å². The lowest BCUT2D eigenvalue weighted by Gasteiger charge is -2.23. The molecule has 4 rings (SSSR count). The van der Waals surface area contributed by atoms with Crippen molar-refractivity contribution in [3.63, 3.8) is 0 Å². The van der Waals surface area contributed by atoms with Gasteiger partial charge in [0.2, 0.25) is 0 Å². The van der Waals surface area contributed by atoms with Crippen LogP contribution in [-0.2, 0) is 4.74 Å². The maximum Gasteiger partial charge on any atom is 0.128 e. The molecule has 24 heavy (non-hydrogen) atoms. The second kappa shape index (κ2) is 6.20. The molecule has 0 unspecified atom stereocenters. The molecule has 4 heterocycles. The summed E-state index contributed by atoms with van der Waals surface area (Å²) in [5.74, 6) is 1.68. The Kier molecular flexibility index (Phi) is 3.90. The van der Waals surface area contributed by atoms with E-state index in [-0.39, 0.29) is 0 Å². The molecule has 1 aliphatic heterocycles. The van der Waals surface area contributed by atoms with Gasteiger partial charge < -0.3 is 15.0 Å². The first kappa shape index (κ1) is 15.1. The second-order valence-electron chi connectivity index (χ2n) is 6.31. The molecule has 1 aliphatic rings. The van der Waals surface area contributed by atoms with Crippen molar-refractivity contribution in [1.29, 1.82) is 0 Å². The van der Waals surface area contributed by atoms with Crippen LogP contribution in [0.25, 0.3) is 22.3 Å². The molecule has 6 nitrogen and oxygen atoms in total. The van der Waals surface area contributed by atoms with E-state index in [0.717, 1.165) is 65.7 Å². The van der Waals surface area contributed by atoms with E-state index in [4.69, 9.17) is 4.74 Å². The quantitative estimate of drug-likeness (QED) is 0.774. The van der Waals surface area contributed by atoms with Crippen molar-refractivity contribution in [2.45, 2.75) is 32.7 Å². The third-order valence-electron chi connectivity index (χ3n) is 4.32. The highest BCUT2D eigenvalue weighted by atomic mass is 16.5. The standard InChI is InChI=1S/C18H21N5O/c1-11-7-16(21-12(2)20-11)17-8-13-10-19-18(9-15(13)23-17)22-14-3-5-24-6-4-14/h7-10,14,23H,3-6H2,1-2H3,(H,19,22). The van der Waals surface area contributed by atoms with Gasteiger partial charge in [0, 0.05) is 42.6 Å². The Bertz CT molecular complexity index is 847. The van der Waals surface area contributed by atoms with E-state index in [1.54, 1.807) is 0 Å². The molecule has 124 valence electrons. The predicted molar refractivity (Wildman–Crippen MR) is 94.1 cm³/mol. The Labute approximate surface area is 140 Å². The van der Waals surface area contributed by atoms with Crippen LogP contribution in [0.4, 0.5) is 5.82 Å². The van der Waals surface area contributed by atoms with Crippen molar-refractivity contribution >= 4 is 16.7 Å². The van der Waals surface area contributed by atoms with Crippen molar-refractivity contribution in [2.75, 3.05) is 18.5 Å². The summed E-state index contributed by atoms with van der Waals surface area (Å²) in [5, 5.41) is 4.58. The number of anilines is 1. The maximum absolute atomic E-state index is 5.40. The van der Waals surface area contributed by atoms with Gasteiger partial charge in [-0.1, -0.05) is 0 Å².